The van der Waals surface area contributed by atoms with E-state index in [2.05, 4.69) is 4.74 Å². The average molecular weight is 250 g/mol. The van der Waals surface area contributed by atoms with Crippen molar-refractivity contribution in [2.75, 3.05) is 7.11 Å². The first-order chi connectivity index (χ1) is 8.67. The molecule has 0 heterocycles. The fourth-order valence-corrected chi connectivity index (χ4v) is 1.32. The Morgan fingerprint density at radius 1 is 1.17 bits per heavy atom. The maximum Gasteiger partial charge on any atom is 0.311 e. The predicted molar refractivity (Wildman–Crippen MR) is 63.3 cm³/mol. The molecule has 5 nitrogen and oxygen atoms in total. The number of carbonyl (C=O) groups is 3. The number of hydrogen-bond acceptors (Lipinski definition) is 5. The van der Waals surface area contributed by atoms with Gasteiger partial charge in [0.2, 0.25) is 0 Å². The van der Waals surface area contributed by atoms with Crippen LogP contribution in [0.4, 0.5) is 0 Å². The van der Waals surface area contributed by atoms with Gasteiger partial charge in [0.15, 0.2) is 6.29 Å². The third-order valence-corrected chi connectivity index (χ3v) is 2.26. The molecule has 0 bridgehead atoms. The summed E-state index contributed by atoms with van der Waals surface area (Å²) in [5, 5.41) is 0. The molecule has 0 unspecified atom stereocenters. The van der Waals surface area contributed by atoms with E-state index in [1.54, 1.807) is 24.3 Å². The molecule has 1 rings (SSSR count). The number of esters is 2. The fraction of sp³-hybridized carbons (Fsp3) is 0.308. The number of aldehydes is 1. The van der Waals surface area contributed by atoms with Crippen LogP contribution in [0.25, 0.3) is 0 Å². The lowest BCUT2D eigenvalue weighted by Crippen LogP contribution is -2.10. The van der Waals surface area contributed by atoms with Crippen molar-refractivity contribution in [1.29, 1.82) is 0 Å². The summed E-state index contributed by atoms with van der Waals surface area (Å²) in [6.45, 7) is 0. The van der Waals surface area contributed by atoms with Gasteiger partial charge in [0.05, 0.1) is 12.7 Å². The van der Waals surface area contributed by atoms with Gasteiger partial charge < -0.3 is 9.47 Å². The highest BCUT2D eigenvalue weighted by atomic mass is 16.5. The van der Waals surface area contributed by atoms with Crippen molar-refractivity contribution in [3.63, 3.8) is 0 Å². The van der Waals surface area contributed by atoms with E-state index >= 15 is 0 Å². The second-order valence-electron chi connectivity index (χ2n) is 3.56. The SMILES string of the molecule is COC(=O)CCCC(=O)Oc1ccccc1C=O. The molecule has 0 saturated heterocycles. The Balaban J connectivity index is 2.44. The molecule has 1 aromatic rings. The lowest BCUT2D eigenvalue weighted by molar-refractivity contribution is -0.141. The maximum absolute atomic E-state index is 11.5. The standard InChI is InChI=1S/C13H14O5/c1-17-12(15)7-4-8-13(16)18-11-6-3-2-5-10(11)9-14/h2-3,5-6,9H,4,7-8H2,1H3. The van der Waals surface area contributed by atoms with Crippen molar-refractivity contribution in [3.05, 3.63) is 29.8 Å². The average Bonchev–Trinajstić information content (AvgIpc) is 2.39. The first kappa shape index (κ1) is 13.9. The molecule has 5 heteroatoms. The van der Waals surface area contributed by atoms with E-state index in [-0.39, 0.29) is 24.6 Å². The van der Waals surface area contributed by atoms with E-state index in [1.165, 1.54) is 7.11 Å². The quantitative estimate of drug-likeness (QED) is 0.437. The largest absolute Gasteiger partial charge is 0.469 e. The zero-order chi connectivity index (χ0) is 13.4. The smallest absolute Gasteiger partial charge is 0.311 e. The Kier molecular flexibility index (Phi) is 5.57. The number of para-hydroxylation sites is 1. The van der Waals surface area contributed by atoms with Gasteiger partial charge in [-0.25, -0.2) is 0 Å². The highest BCUT2D eigenvalue weighted by Gasteiger charge is 2.09. The summed E-state index contributed by atoms with van der Waals surface area (Å²) in [7, 11) is 1.29. The van der Waals surface area contributed by atoms with Gasteiger partial charge in [0, 0.05) is 12.8 Å². The summed E-state index contributed by atoms with van der Waals surface area (Å²) < 4.78 is 9.48. The molecule has 0 saturated carbocycles. The number of hydrogen-bond donors (Lipinski definition) is 0. The number of rotatable bonds is 6. The molecule has 96 valence electrons. The van der Waals surface area contributed by atoms with Gasteiger partial charge >= 0.3 is 11.9 Å². The lowest BCUT2D eigenvalue weighted by Gasteiger charge is -2.05. The molecule has 0 spiro atoms. The third-order valence-electron chi connectivity index (χ3n) is 2.26. The summed E-state index contributed by atoms with van der Waals surface area (Å²) >= 11 is 0. The molecule has 1 aromatic carbocycles. The Labute approximate surface area is 105 Å². The van der Waals surface area contributed by atoms with Crippen LogP contribution in [-0.2, 0) is 14.3 Å². The van der Waals surface area contributed by atoms with Crippen molar-refractivity contribution >= 4 is 18.2 Å². The lowest BCUT2D eigenvalue weighted by atomic mass is 10.2. The number of benzene rings is 1. The van der Waals surface area contributed by atoms with Crippen LogP contribution in [0.1, 0.15) is 29.6 Å². The molecular weight excluding hydrogens is 236 g/mol. The van der Waals surface area contributed by atoms with Gasteiger partial charge in [-0.05, 0) is 18.6 Å². The van der Waals surface area contributed by atoms with Gasteiger partial charge in [-0.1, -0.05) is 12.1 Å². The van der Waals surface area contributed by atoms with Gasteiger partial charge in [0.25, 0.3) is 0 Å². The summed E-state index contributed by atoms with van der Waals surface area (Å²) in [4.78, 5) is 33.0. The minimum absolute atomic E-state index is 0.0995. The number of methoxy groups -OCH3 is 1. The first-order valence-corrected chi connectivity index (χ1v) is 5.49. The minimum Gasteiger partial charge on any atom is -0.469 e. The molecule has 0 amide bonds. The highest BCUT2D eigenvalue weighted by Crippen LogP contribution is 2.16. The fourth-order valence-electron chi connectivity index (χ4n) is 1.32. The van der Waals surface area contributed by atoms with Crippen LogP contribution >= 0.6 is 0 Å². The minimum atomic E-state index is -0.479. The Morgan fingerprint density at radius 3 is 2.50 bits per heavy atom. The molecule has 0 aliphatic rings. The molecule has 0 N–H and O–H groups in total. The molecule has 0 aliphatic carbocycles. The van der Waals surface area contributed by atoms with Gasteiger partial charge in [0.1, 0.15) is 5.75 Å². The van der Waals surface area contributed by atoms with E-state index in [4.69, 9.17) is 4.74 Å². The number of ether oxygens (including phenoxy) is 2. The van der Waals surface area contributed by atoms with E-state index in [0.29, 0.717) is 18.3 Å². The Hall–Kier alpha value is -2.17. The predicted octanol–water partition coefficient (Wildman–Crippen LogP) is 1.75. The van der Waals surface area contributed by atoms with Crippen molar-refractivity contribution in [3.8, 4) is 5.75 Å². The molecule has 18 heavy (non-hydrogen) atoms. The van der Waals surface area contributed by atoms with Crippen molar-refractivity contribution in [1.82, 2.24) is 0 Å². The van der Waals surface area contributed by atoms with Gasteiger partial charge in [-0.2, -0.15) is 0 Å². The normalized spacial score (nSPS) is 9.61. The Bertz CT molecular complexity index is 439. The van der Waals surface area contributed by atoms with E-state index in [1.807, 2.05) is 0 Å². The molecule has 0 fully saturated rings. The van der Waals surface area contributed by atoms with Crippen LogP contribution in [0, 0.1) is 0 Å². The summed E-state index contributed by atoms with van der Waals surface area (Å²) in [5.41, 5.74) is 0.318. The van der Waals surface area contributed by atoms with Crippen molar-refractivity contribution in [2.24, 2.45) is 0 Å². The van der Waals surface area contributed by atoms with Gasteiger partial charge in [-0.3, -0.25) is 14.4 Å². The molecule has 0 atom stereocenters. The topological polar surface area (TPSA) is 69.7 Å². The Morgan fingerprint density at radius 2 is 1.83 bits per heavy atom. The molecule has 0 aliphatic heterocycles. The molecule has 0 radical (unpaired) electrons. The molecule has 0 aromatic heterocycles. The van der Waals surface area contributed by atoms with Crippen LogP contribution < -0.4 is 4.74 Å². The maximum atomic E-state index is 11.5. The summed E-state index contributed by atoms with van der Waals surface area (Å²) in [5.74, 6) is -0.611. The first-order valence-electron chi connectivity index (χ1n) is 5.49. The van der Waals surface area contributed by atoms with Crippen LogP contribution in [0.3, 0.4) is 0 Å². The van der Waals surface area contributed by atoms with Gasteiger partial charge in [-0.15, -0.1) is 0 Å². The van der Waals surface area contributed by atoms with Crippen LogP contribution in [-0.4, -0.2) is 25.3 Å². The van der Waals surface area contributed by atoms with Crippen LogP contribution in [0.15, 0.2) is 24.3 Å². The zero-order valence-corrected chi connectivity index (χ0v) is 10.0. The second kappa shape index (κ2) is 7.21. The van der Waals surface area contributed by atoms with E-state index < -0.39 is 5.97 Å². The monoisotopic (exact) mass is 250 g/mol. The second-order valence-corrected chi connectivity index (χ2v) is 3.56. The van der Waals surface area contributed by atoms with Crippen molar-refractivity contribution < 1.29 is 23.9 Å². The summed E-state index contributed by atoms with van der Waals surface area (Å²) in [6, 6.07) is 6.45. The van der Waals surface area contributed by atoms with Crippen LogP contribution in [0.5, 0.6) is 5.75 Å². The third kappa shape index (κ3) is 4.37. The zero-order valence-electron chi connectivity index (χ0n) is 10.0. The van der Waals surface area contributed by atoms with E-state index in [9.17, 15) is 14.4 Å². The van der Waals surface area contributed by atoms with Crippen molar-refractivity contribution in [2.45, 2.75) is 19.3 Å². The van der Waals surface area contributed by atoms with Crippen LogP contribution in [0.2, 0.25) is 0 Å². The summed E-state index contributed by atoms with van der Waals surface area (Å²) in [6.07, 6.45) is 1.25. The molecular formula is C13H14O5. The highest BCUT2D eigenvalue weighted by molar-refractivity contribution is 5.82. The van der Waals surface area contributed by atoms with E-state index in [0.717, 1.165) is 0 Å². The number of carbonyl (C=O) groups excluding carboxylic acids is 3.